The van der Waals surface area contributed by atoms with Crippen molar-refractivity contribution in [3.8, 4) is 11.5 Å². The lowest BCUT2D eigenvalue weighted by molar-refractivity contribution is 0.0956. The maximum atomic E-state index is 12.1. The van der Waals surface area contributed by atoms with Crippen LogP contribution in [0.25, 0.3) is 0 Å². The minimum atomic E-state index is -0.438. The van der Waals surface area contributed by atoms with E-state index < -0.39 is 5.91 Å². The zero-order valence-corrected chi connectivity index (χ0v) is 15.2. The molecule has 120 valence electrons. The zero-order chi connectivity index (χ0) is 17.0. The Morgan fingerprint density at radius 3 is 2.78 bits per heavy atom. The Hall–Kier alpha value is -2.06. The van der Waals surface area contributed by atoms with Gasteiger partial charge >= 0.3 is 0 Å². The minimum Gasteiger partial charge on any atom is -0.504 e. The fraction of sp³-hybridized carbons (Fsp3) is 0.0667. The van der Waals surface area contributed by atoms with Crippen molar-refractivity contribution in [2.75, 3.05) is 12.8 Å². The molecule has 2 rings (SSSR count). The third-order valence-corrected chi connectivity index (χ3v) is 4.04. The van der Waals surface area contributed by atoms with Crippen molar-refractivity contribution in [2.45, 2.75) is 0 Å². The lowest BCUT2D eigenvalue weighted by Crippen LogP contribution is -2.19. The number of hydrogen-bond donors (Lipinski definition) is 3. The van der Waals surface area contributed by atoms with Crippen molar-refractivity contribution in [3.63, 3.8) is 0 Å². The van der Waals surface area contributed by atoms with Gasteiger partial charge in [-0.25, -0.2) is 5.43 Å². The predicted octanol–water partition coefficient (Wildman–Crippen LogP) is 3.27. The molecule has 0 heterocycles. The number of anilines is 1. The molecule has 0 aliphatic heterocycles. The summed E-state index contributed by atoms with van der Waals surface area (Å²) in [7, 11) is 1.45. The number of nitrogens with zero attached hydrogens (tertiary/aromatic N) is 1. The van der Waals surface area contributed by atoms with E-state index in [0.29, 0.717) is 27.0 Å². The Morgan fingerprint density at radius 2 is 2.09 bits per heavy atom. The van der Waals surface area contributed by atoms with Crippen LogP contribution in [0.2, 0.25) is 0 Å². The smallest absolute Gasteiger partial charge is 0.273 e. The second kappa shape index (κ2) is 7.47. The molecule has 0 atom stereocenters. The lowest BCUT2D eigenvalue weighted by atomic mass is 10.2. The van der Waals surface area contributed by atoms with Gasteiger partial charge in [-0.15, -0.1) is 0 Å². The highest BCUT2D eigenvalue weighted by Crippen LogP contribution is 2.28. The Bertz CT molecular complexity index is 779. The van der Waals surface area contributed by atoms with Crippen molar-refractivity contribution in [1.82, 2.24) is 5.43 Å². The van der Waals surface area contributed by atoms with Crippen LogP contribution in [0.4, 0.5) is 5.69 Å². The number of halogens is 2. The van der Waals surface area contributed by atoms with Crippen LogP contribution in [-0.4, -0.2) is 24.3 Å². The van der Waals surface area contributed by atoms with E-state index >= 15 is 0 Å². The molecule has 0 aliphatic carbocycles. The molecular weight excluding hydrogens is 430 g/mol. The maximum absolute atomic E-state index is 12.1. The fourth-order valence-corrected chi connectivity index (χ4v) is 3.00. The van der Waals surface area contributed by atoms with Gasteiger partial charge in [0.2, 0.25) is 0 Å². The van der Waals surface area contributed by atoms with Crippen molar-refractivity contribution in [3.05, 3.63) is 50.4 Å². The molecule has 0 spiro atoms. The highest BCUT2D eigenvalue weighted by Gasteiger charge is 2.12. The Balaban J connectivity index is 2.13. The quantitative estimate of drug-likeness (QED) is 0.384. The number of rotatable bonds is 4. The van der Waals surface area contributed by atoms with Crippen molar-refractivity contribution in [2.24, 2.45) is 5.10 Å². The molecule has 4 N–H and O–H groups in total. The summed E-state index contributed by atoms with van der Waals surface area (Å²) in [6.45, 7) is 0. The average Bonchev–Trinajstić information content (AvgIpc) is 2.52. The van der Waals surface area contributed by atoms with Crippen LogP contribution >= 0.6 is 31.9 Å². The van der Waals surface area contributed by atoms with Crippen LogP contribution in [0.5, 0.6) is 11.5 Å². The molecule has 1 amide bonds. The van der Waals surface area contributed by atoms with E-state index in [1.165, 1.54) is 19.4 Å². The topological polar surface area (TPSA) is 96.9 Å². The van der Waals surface area contributed by atoms with Gasteiger partial charge in [0.05, 0.1) is 24.6 Å². The molecule has 0 bridgehead atoms. The van der Waals surface area contributed by atoms with Crippen LogP contribution in [0.3, 0.4) is 0 Å². The molecular formula is C15H13Br2N3O3. The molecule has 0 radical (unpaired) electrons. The van der Waals surface area contributed by atoms with Crippen LogP contribution in [0, 0.1) is 0 Å². The summed E-state index contributed by atoms with van der Waals surface area (Å²) in [5, 5.41) is 13.4. The van der Waals surface area contributed by atoms with E-state index in [4.69, 9.17) is 10.5 Å². The number of amides is 1. The van der Waals surface area contributed by atoms with Crippen molar-refractivity contribution < 1.29 is 14.6 Å². The monoisotopic (exact) mass is 441 g/mol. The molecule has 0 aromatic heterocycles. The Kier molecular flexibility index (Phi) is 5.62. The molecule has 23 heavy (non-hydrogen) atoms. The van der Waals surface area contributed by atoms with Gasteiger partial charge in [-0.2, -0.15) is 5.10 Å². The highest BCUT2D eigenvalue weighted by molar-refractivity contribution is 9.11. The van der Waals surface area contributed by atoms with Gasteiger partial charge in [-0.05, 0) is 51.8 Å². The van der Waals surface area contributed by atoms with E-state index in [-0.39, 0.29) is 5.75 Å². The number of aromatic hydroxyl groups is 1. The number of hydrazone groups is 1. The number of hydrogen-bond acceptors (Lipinski definition) is 5. The van der Waals surface area contributed by atoms with Gasteiger partial charge in [0.1, 0.15) is 0 Å². The Morgan fingerprint density at radius 1 is 1.35 bits per heavy atom. The number of phenolic OH excluding ortho intramolecular Hbond substituents is 1. The highest BCUT2D eigenvalue weighted by atomic mass is 79.9. The molecule has 6 nitrogen and oxygen atoms in total. The first-order valence-corrected chi connectivity index (χ1v) is 7.96. The van der Waals surface area contributed by atoms with Crippen molar-refractivity contribution >= 4 is 49.7 Å². The molecule has 0 unspecified atom stereocenters. The second-order valence-corrected chi connectivity index (χ2v) is 6.25. The average molecular weight is 443 g/mol. The fourth-order valence-electron chi connectivity index (χ4n) is 1.77. The zero-order valence-electron chi connectivity index (χ0n) is 12.0. The third kappa shape index (κ3) is 4.23. The first-order chi connectivity index (χ1) is 10.9. The van der Waals surface area contributed by atoms with E-state index in [1.807, 2.05) is 0 Å². The summed E-state index contributed by atoms with van der Waals surface area (Å²) in [6, 6.07) is 8.06. The number of methoxy groups -OCH3 is 1. The minimum absolute atomic E-state index is 0.0282. The molecule has 0 aliphatic rings. The number of benzene rings is 2. The molecule has 0 saturated heterocycles. The Labute approximate surface area is 149 Å². The van der Waals surface area contributed by atoms with Gasteiger partial charge in [0.15, 0.2) is 11.5 Å². The summed E-state index contributed by atoms with van der Waals surface area (Å²) in [5.41, 5.74) is 9.55. The van der Waals surface area contributed by atoms with Crippen LogP contribution < -0.4 is 15.9 Å². The molecule has 2 aromatic rings. The third-order valence-electron chi connectivity index (χ3n) is 2.92. The first kappa shape index (κ1) is 17.3. The number of nitrogens with two attached hydrogens (primary N) is 1. The van der Waals surface area contributed by atoms with E-state index in [1.54, 1.807) is 24.3 Å². The summed E-state index contributed by atoms with van der Waals surface area (Å²) >= 11 is 6.58. The second-order valence-electron chi connectivity index (χ2n) is 4.48. The van der Waals surface area contributed by atoms with Gasteiger partial charge < -0.3 is 15.6 Å². The van der Waals surface area contributed by atoms with Gasteiger partial charge in [0.25, 0.3) is 5.91 Å². The number of nitrogen functional groups attached to an aromatic ring is 1. The lowest BCUT2D eigenvalue weighted by Gasteiger charge is -2.07. The van der Waals surface area contributed by atoms with Gasteiger partial charge in [-0.1, -0.05) is 15.9 Å². The van der Waals surface area contributed by atoms with Gasteiger partial charge in [-0.3, -0.25) is 4.79 Å². The normalized spacial score (nSPS) is 10.7. The van der Waals surface area contributed by atoms with E-state index in [0.717, 1.165) is 4.47 Å². The standard InChI is InChI=1S/C15H13Br2N3O3/c1-23-13-4-8(2-3-12(13)21)7-19-20-15(22)10-5-9(16)6-11(17)14(10)18/h2-7,21H,18H2,1H3,(H,20,22). The molecule has 0 fully saturated rings. The summed E-state index contributed by atoms with van der Waals surface area (Å²) in [5.74, 6) is -0.0904. The first-order valence-electron chi connectivity index (χ1n) is 6.37. The predicted molar refractivity (Wildman–Crippen MR) is 96.0 cm³/mol. The molecule has 0 saturated carbocycles. The molecule has 8 heteroatoms. The van der Waals surface area contributed by atoms with Crippen molar-refractivity contribution in [1.29, 1.82) is 0 Å². The number of phenols is 1. The summed E-state index contributed by atoms with van der Waals surface area (Å²) in [4.78, 5) is 12.1. The van der Waals surface area contributed by atoms with Crippen LogP contribution in [0.15, 0.2) is 44.4 Å². The molecule has 2 aromatic carbocycles. The van der Waals surface area contributed by atoms with Crippen LogP contribution in [-0.2, 0) is 0 Å². The largest absolute Gasteiger partial charge is 0.504 e. The van der Waals surface area contributed by atoms with E-state index in [9.17, 15) is 9.90 Å². The number of ether oxygens (including phenoxy) is 1. The van der Waals surface area contributed by atoms with E-state index in [2.05, 4.69) is 42.4 Å². The summed E-state index contributed by atoms with van der Waals surface area (Å²) < 4.78 is 6.33. The number of nitrogens with one attached hydrogen (secondary N) is 1. The number of carbonyl (C=O) groups is 1. The summed E-state index contributed by atoms with van der Waals surface area (Å²) in [6.07, 6.45) is 1.43. The number of carbonyl (C=O) groups excluding carboxylic acids is 1. The van der Waals surface area contributed by atoms with Crippen LogP contribution in [0.1, 0.15) is 15.9 Å². The van der Waals surface area contributed by atoms with Gasteiger partial charge in [0, 0.05) is 8.95 Å². The maximum Gasteiger partial charge on any atom is 0.273 e. The SMILES string of the molecule is COc1cc(C=NNC(=O)c2cc(Br)cc(Br)c2N)ccc1O.